The lowest BCUT2D eigenvalue weighted by atomic mass is 9.94. The van der Waals surface area contributed by atoms with Crippen molar-refractivity contribution in [2.45, 2.75) is 38.1 Å². The van der Waals surface area contributed by atoms with Crippen LogP contribution in [0.1, 0.15) is 32.1 Å². The zero-order valence-corrected chi connectivity index (χ0v) is 9.77. The van der Waals surface area contributed by atoms with Gasteiger partial charge in [-0.1, -0.05) is 12.5 Å². The third-order valence-electron chi connectivity index (χ3n) is 4.09. The molecule has 0 aromatic carbocycles. The van der Waals surface area contributed by atoms with Crippen molar-refractivity contribution in [3.8, 4) is 0 Å². The normalized spacial score (nSPS) is 33.9. The first kappa shape index (κ1) is 11.6. The highest BCUT2D eigenvalue weighted by Crippen LogP contribution is 2.42. The summed E-state index contributed by atoms with van der Waals surface area (Å²) in [5, 5.41) is 9.33. The topological polar surface area (TPSA) is 40.5 Å². The van der Waals surface area contributed by atoms with Crippen LogP contribution in [0.3, 0.4) is 0 Å². The fraction of sp³-hybridized carbons (Fsp3) is 0.769. The Kier molecular flexibility index (Phi) is 3.64. The molecule has 1 saturated carbocycles. The smallest absolute Gasteiger partial charge is 0.321 e. The van der Waals surface area contributed by atoms with Crippen LogP contribution in [-0.4, -0.2) is 35.1 Å². The van der Waals surface area contributed by atoms with Crippen molar-refractivity contribution in [1.82, 2.24) is 4.90 Å². The van der Waals surface area contributed by atoms with Crippen LogP contribution < -0.4 is 0 Å². The number of carbonyl (C=O) groups is 1. The SMILES string of the molecule is C=CCCCN1CC2CCCC2C1C(=O)O. The van der Waals surface area contributed by atoms with Gasteiger partial charge in [0, 0.05) is 6.54 Å². The van der Waals surface area contributed by atoms with Gasteiger partial charge in [0.1, 0.15) is 6.04 Å². The van der Waals surface area contributed by atoms with Gasteiger partial charge in [-0.3, -0.25) is 9.69 Å². The first-order valence-electron chi connectivity index (χ1n) is 6.31. The fourth-order valence-electron chi connectivity index (χ4n) is 3.40. The minimum absolute atomic E-state index is 0.211. The van der Waals surface area contributed by atoms with E-state index < -0.39 is 5.97 Å². The standard InChI is InChI=1S/C13H21NO2/c1-2-3-4-8-14-9-10-6-5-7-11(10)12(14)13(15)16/h2,10-12H,1,3-9H2,(H,15,16). The Morgan fingerprint density at radius 3 is 3.00 bits per heavy atom. The van der Waals surface area contributed by atoms with Crippen molar-refractivity contribution in [2.24, 2.45) is 11.8 Å². The molecule has 3 nitrogen and oxygen atoms in total. The molecule has 2 fully saturated rings. The molecule has 2 aliphatic rings. The van der Waals surface area contributed by atoms with Crippen LogP contribution in [0, 0.1) is 11.8 Å². The van der Waals surface area contributed by atoms with E-state index >= 15 is 0 Å². The highest BCUT2D eigenvalue weighted by Gasteiger charge is 2.47. The fourth-order valence-corrected chi connectivity index (χ4v) is 3.40. The molecule has 1 saturated heterocycles. The van der Waals surface area contributed by atoms with Crippen LogP contribution in [0.4, 0.5) is 0 Å². The van der Waals surface area contributed by atoms with Crippen LogP contribution >= 0.6 is 0 Å². The monoisotopic (exact) mass is 223 g/mol. The Labute approximate surface area is 97.1 Å². The summed E-state index contributed by atoms with van der Waals surface area (Å²) >= 11 is 0. The summed E-state index contributed by atoms with van der Waals surface area (Å²) in [5.74, 6) is 0.444. The highest BCUT2D eigenvalue weighted by molar-refractivity contribution is 5.74. The van der Waals surface area contributed by atoms with E-state index in [0.29, 0.717) is 11.8 Å². The van der Waals surface area contributed by atoms with E-state index in [4.69, 9.17) is 0 Å². The molecular weight excluding hydrogens is 202 g/mol. The first-order valence-corrected chi connectivity index (χ1v) is 6.31. The molecule has 16 heavy (non-hydrogen) atoms. The van der Waals surface area contributed by atoms with Gasteiger partial charge in [-0.25, -0.2) is 0 Å². The number of nitrogens with zero attached hydrogens (tertiary/aromatic N) is 1. The van der Waals surface area contributed by atoms with Crippen molar-refractivity contribution in [3.05, 3.63) is 12.7 Å². The molecule has 1 aliphatic carbocycles. The quantitative estimate of drug-likeness (QED) is 0.573. The number of allylic oxidation sites excluding steroid dienone is 1. The summed E-state index contributed by atoms with van der Waals surface area (Å²) in [5.41, 5.74) is 0. The van der Waals surface area contributed by atoms with E-state index in [1.54, 1.807) is 0 Å². The largest absolute Gasteiger partial charge is 0.480 e. The molecule has 90 valence electrons. The number of aliphatic carboxylic acids is 1. The minimum atomic E-state index is -0.618. The molecule has 2 rings (SSSR count). The van der Waals surface area contributed by atoms with Gasteiger partial charge in [0.15, 0.2) is 0 Å². The molecular formula is C13H21NO2. The van der Waals surface area contributed by atoms with Crippen molar-refractivity contribution in [3.63, 3.8) is 0 Å². The van der Waals surface area contributed by atoms with E-state index in [-0.39, 0.29) is 6.04 Å². The maximum absolute atomic E-state index is 11.3. The van der Waals surface area contributed by atoms with E-state index in [0.717, 1.165) is 32.4 Å². The molecule has 0 amide bonds. The van der Waals surface area contributed by atoms with Gasteiger partial charge < -0.3 is 5.11 Å². The molecule has 0 bridgehead atoms. The van der Waals surface area contributed by atoms with Crippen molar-refractivity contribution in [2.75, 3.05) is 13.1 Å². The van der Waals surface area contributed by atoms with Crippen molar-refractivity contribution in [1.29, 1.82) is 0 Å². The summed E-state index contributed by atoms with van der Waals surface area (Å²) in [6.07, 6.45) is 7.49. The molecule has 0 aromatic heterocycles. The van der Waals surface area contributed by atoms with Gasteiger partial charge in [-0.15, -0.1) is 6.58 Å². The van der Waals surface area contributed by atoms with E-state index in [9.17, 15) is 9.90 Å². The third-order valence-corrected chi connectivity index (χ3v) is 4.09. The van der Waals surface area contributed by atoms with Crippen LogP contribution in [-0.2, 0) is 4.79 Å². The molecule has 0 aromatic rings. The number of fused-ring (bicyclic) bond motifs is 1. The molecule has 0 radical (unpaired) electrons. The first-order chi connectivity index (χ1) is 7.74. The van der Waals surface area contributed by atoms with E-state index in [2.05, 4.69) is 11.5 Å². The van der Waals surface area contributed by atoms with Gasteiger partial charge in [0.25, 0.3) is 0 Å². The molecule has 1 aliphatic heterocycles. The number of unbranched alkanes of at least 4 members (excludes halogenated alkanes) is 1. The van der Waals surface area contributed by atoms with Crippen LogP contribution in [0.15, 0.2) is 12.7 Å². The Balaban J connectivity index is 1.96. The Morgan fingerprint density at radius 1 is 1.50 bits per heavy atom. The molecule has 1 N–H and O–H groups in total. The Morgan fingerprint density at radius 2 is 2.31 bits per heavy atom. The van der Waals surface area contributed by atoms with Gasteiger partial charge in [-0.2, -0.15) is 0 Å². The van der Waals surface area contributed by atoms with Gasteiger partial charge in [-0.05, 0) is 44.1 Å². The summed E-state index contributed by atoms with van der Waals surface area (Å²) < 4.78 is 0. The Hall–Kier alpha value is -0.830. The minimum Gasteiger partial charge on any atom is -0.480 e. The van der Waals surface area contributed by atoms with Crippen LogP contribution in [0.2, 0.25) is 0 Å². The lowest BCUT2D eigenvalue weighted by molar-refractivity contribution is -0.143. The second-order valence-electron chi connectivity index (χ2n) is 5.06. The van der Waals surface area contributed by atoms with Gasteiger partial charge in [0.2, 0.25) is 0 Å². The number of rotatable bonds is 5. The van der Waals surface area contributed by atoms with Gasteiger partial charge >= 0.3 is 5.97 Å². The lowest BCUT2D eigenvalue weighted by Gasteiger charge is -2.23. The maximum Gasteiger partial charge on any atom is 0.321 e. The number of hydrogen-bond acceptors (Lipinski definition) is 2. The van der Waals surface area contributed by atoms with Crippen molar-refractivity contribution >= 4 is 5.97 Å². The zero-order chi connectivity index (χ0) is 11.5. The predicted octanol–water partition coefficient (Wildman–Crippen LogP) is 2.14. The number of carboxylic acids is 1. The van der Waals surface area contributed by atoms with Gasteiger partial charge in [0.05, 0.1) is 0 Å². The Bertz CT molecular complexity index is 277. The van der Waals surface area contributed by atoms with E-state index in [1.807, 2.05) is 6.08 Å². The molecule has 3 unspecified atom stereocenters. The summed E-state index contributed by atoms with van der Waals surface area (Å²) in [6.45, 7) is 5.61. The molecule has 3 atom stereocenters. The second kappa shape index (κ2) is 5.00. The number of carboxylic acid groups (broad SMARTS) is 1. The zero-order valence-electron chi connectivity index (χ0n) is 9.77. The van der Waals surface area contributed by atoms with Crippen LogP contribution in [0.5, 0.6) is 0 Å². The van der Waals surface area contributed by atoms with Crippen molar-refractivity contribution < 1.29 is 9.90 Å². The summed E-state index contributed by atoms with van der Waals surface area (Å²) in [4.78, 5) is 13.5. The molecule has 0 spiro atoms. The average Bonchev–Trinajstić information content (AvgIpc) is 2.76. The van der Waals surface area contributed by atoms with Crippen LogP contribution in [0.25, 0.3) is 0 Å². The third kappa shape index (κ3) is 2.14. The highest BCUT2D eigenvalue weighted by atomic mass is 16.4. The summed E-state index contributed by atoms with van der Waals surface area (Å²) in [7, 11) is 0. The summed E-state index contributed by atoms with van der Waals surface area (Å²) in [6, 6.07) is -0.211. The predicted molar refractivity (Wildman–Crippen MR) is 63.3 cm³/mol. The van der Waals surface area contributed by atoms with E-state index in [1.165, 1.54) is 12.8 Å². The number of likely N-dealkylation sites (tertiary alicyclic amines) is 1. The number of hydrogen-bond donors (Lipinski definition) is 1. The molecule has 3 heteroatoms. The average molecular weight is 223 g/mol. The lowest BCUT2D eigenvalue weighted by Crippen LogP contribution is -2.40. The molecule has 1 heterocycles. The maximum atomic E-state index is 11.3. The second-order valence-corrected chi connectivity index (χ2v) is 5.06.